The lowest BCUT2D eigenvalue weighted by Gasteiger charge is -2.29. The Bertz CT molecular complexity index is 413. The highest BCUT2D eigenvalue weighted by Gasteiger charge is 2.33. The number of rotatable bonds is 4. The topological polar surface area (TPSA) is 41.0 Å². The van der Waals surface area contributed by atoms with Gasteiger partial charge in [0.15, 0.2) is 11.5 Å². The normalized spacial score (nSPS) is 19.9. The Morgan fingerprint density at radius 2 is 2.15 bits per heavy atom. The van der Waals surface area contributed by atoms with Crippen molar-refractivity contribution >= 4 is 5.82 Å². The number of hydrogen-bond acceptors (Lipinski definition) is 4. The largest absolute Gasteiger partial charge is 0.435 e. The minimum atomic E-state index is -4.43. The molecule has 0 spiro atoms. The fourth-order valence-corrected chi connectivity index (χ4v) is 2.42. The highest BCUT2D eigenvalue weighted by atomic mass is 19.4. The predicted molar refractivity (Wildman–Crippen MR) is 70.5 cm³/mol. The first-order valence-corrected chi connectivity index (χ1v) is 6.87. The molecule has 0 amide bonds. The molecular formula is C13H19F3N4. The molecule has 1 fully saturated rings. The molecule has 1 unspecified atom stereocenters. The van der Waals surface area contributed by atoms with Crippen LogP contribution in [0.15, 0.2) is 12.1 Å². The molecule has 1 aromatic heterocycles. The van der Waals surface area contributed by atoms with Gasteiger partial charge < -0.3 is 10.2 Å². The molecule has 2 heterocycles. The smallest absolute Gasteiger partial charge is 0.355 e. The van der Waals surface area contributed by atoms with E-state index in [4.69, 9.17) is 0 Å². The van der Waals surface area contributed by atoms with Gasteiger partial charge in [-0.2, -0.15) is 13.2 Å². The van der Waals surface area contributed by atoms with E-state index < -0.39 is 11.9 Å². The van der Waals surface area contributed by atoms with E-state index in [-0.39, 0.29) is 0 Å². The number of halogens is 3. The van der Waals surface area contributed by atoms with E-state index in [1.165, 1.54) is 6.07 Å². The van der Waals surface area contributed by atoms with Crippen molar-refractivity contribution in [2.24, 2.45) is 5.92 Å². The first kappa shape index (κ1) is 15.0. The van der Waals surface area contributed by atoms with Crippen LogP contribution in [0.1, 0.15) is 25.5 Å². The van der Waals surface area contributed by atoms with E-state index in [0.29, 0.717) is 18.3 Å². The lowest BCUT2D eigenvalue weighted by molar-refractivity contribution is -0.141. The summed E-state index contributed by atoms with van der Waals surface area (Å²) < 4.78 is 37.4. The number of anilines is 1. The van der Waals surface area contributed by atoms with Gasteiger partial charge in [0, 0.05) is 13.1 Å². The second-order valence-electron chi connectivity index (χ2n) is 5.03. The molecule has 20 heavy (non-hydrogen) atoms. The molecule has 0 radical (unpaired) electrons. The lowest BCUT2D eigenvalue weighted by Crippen LogP contribution is -2.38. The van der Waals surface area contributed by atoms with Crippen molar-refractivity contribution in [3.05, 3.63) is 17.8 Å². The minimum Gasteiger partial charge on any atom is -0.355 e. The first-order valence-electron chi connectivity index (χ1n) is 6.87. The summed E-state index contributed by atoms with van der Waals surface area (Å²) >= 11 is 0. The molecule has 1 saturated heterocycles. The molecule has 0 bridgehead atoms. The summed E-state index contributed by atoms with van der Waals surface area (Å²) in [6.07, 6.45) is -2.16. The SMILES string of the molecule is CCN(CC1CCCNC1)c1ccc(C(F)(F)F)nn1. The zero-order chi connectivity index (χ0) is 14.6. The first-order chi connectivity index (χ1) is 9.50. The van der Waals surface area contributed by atoms with Gasteiger partial charge in [0.1, 0.15) is 0 Å². The molecule has 2 rings (SSSR count). The zero-order valence-electron chi connectivity index (χ0n) is 11.5. The number of hydrogen-bond donors (Lipinski definition) is 1. The third kappa shape index (κ3) is 3.82. The fourth-order valence-electron chi connectivity index (χ4n) is 2.42. The van der Waals surface area contributed by atoms with Crippen LogP contribution in [0.4, 0.5) is 19.0 Å². The number of aromatic nitrogens is 2. The number of alkyl halides is 3. The monoisotopic (exact) mass is 288 g/mol. The zero-order valence-corrected chi connectivity index (χ0v) is 11.5. The molecule has 1 N–H and O–H groups in total. The summed E-state index contributed by atoms with van der Waals surface area (Å²) in [4.78, 5) is 1.98. The van der Waals surface area contributed by atoms with Crippen LogP contribution in [0, 0.1) is 5.92 Å². The van der Waals surface area contributed by atoms with Crippen LogP contribution in [-0.4, -0.2) is 36.4 Å². The van der Waals surface area contributed by atoms with Crippen molar-refractivity contribution in [2.75, 3.05) is 31.1 Å². The van der Waals surface area contributed by atoms with Gasteiger partial charge >= 0.3 is 6.18 Å². The van der Waals surface area contributed by atoms with Crippen LogP contribution in [0.3, 0.4) is 0 Å². The summed E-state index contributed by atoms with van der Waals surface area (Å²) in [7, 11) is 0. The van der Waals surface area contributed by atoms with Crippen LogP contribution in [0.2, 0.25) is 0 Å². The van der Waals surface area contributed by atoms with Crippen molar-refractivity contribution in [3.8, 4) is 0 Å². The fraction of sp³-hybridized carbons (Fsp3) is 0.692. The highest BCUT2D eigenvalue weighted by molar-refractivity contribution is 5.37. The number of piperidine rings is 1. The molecule has 7 heteroatoms. The third-order valence-electron chi connectivity index (χ3n) is 3.52. The Labute approximate surface area is 116 Å². The van der Waals surface area contributed by atoms with E-state index in [1.54, 1.807) is 0 Å². The van der Waals surface area contributed by atoms with Gasteiger partial charge in [0.25, 0.3) is 0 Å². The number of nitrogens with one attached hydrogen (secondary N) is 1. The molecule has 112 valence electrons. The molecule has 0 saturated carbocycles. The van der Waals surface area contributed by atoms with Crippen LogP contribution in [0.25, 0.3) is 0 Å². The maximum Gasteiger partial charge on any atom is 0.435 e. The summed E-state index contributed by atoms with van der Waals surface area (Å²) in [6.45, 7) is 5.46. The summed E-state index contributed by atoms with van der Waals surface area (Å²) in [5.74, 6) is 1.01. The Morgan fingerprint density at radius 3 is 2.65 bits per heavy atom. The molecule has 0 aliphatic carbocycles. The van der Waals surface area contributed by atoms with Crippen molar-refractivity contribution in [3.63, 3.8) is 0 Å². The van der Waals surface area contributed by atoms with Gasteiger partial charge in [0.2, 0.25) is 0 Å². The van der Waals surface area contributed by atoms with Crippen molar-refractivity contribution in [2.45, 2.75) is 25.9 Å². The summed E-state index contributed by atoms with van der Waals surface area (Å²) in [5, 5.41) is 10.3. The second kappa shape index (κ2) is 6.39. The van der Waals surface area contributed by atoms with E-state index in [2.05, 4.69) is 15.5 Å². The average molecular weight is 288 g/mol. The molecule has 4 nitrogen and oxygen atoms in total. The van der Waals surface area contributed by atoms with Crippen LogP contribution >= 0.6 is 0 Å². The minimum absolute atomic E-state index is 0.506. The molecule has 1 aromatic rings. The van der Waals surface area contributed by atoms with E-state index >= 15 is 0 Å². The molecular weight excluding hydrogens is 269 g/mol. The van der Waals surface area contributed by atoms with Gasteiger partial charge in [0.05, 0.1) is 0 Å². The van der Waals surface area contributed by atoms with E-state index in [0.717, 1.165) is 38.5 Å². The van der Waals surface area contributed by atoms with Crippen LogP contribution in [-0.2, 0) is 6.18 Å². The maximum absolute atomic E-state index is 12.5. The molecule has 1 aliphatic rings. The quantitative estimate of drug-likeness (QED) is 0.923. The van der Waals surface area contributed by atoms with E-state index in [9.17, 15) is 13.2 Å². The second-order valence-corrected chi connectivity index (χ2v) is 5.03. The van der Waals surface area contributed by atoms with E-state index in [1.807, 2.05) is 11.8 Å². The Balaban J connectivity index is 2.03. The standard InChI is InChI=1S/C13H19F3N4/c1-2-20(9-10-4-3-7-17-8-10)12-6-5-11(18-19-12)13(14,15)16/h5-6,10,17H,2-4,7-9H2,1H3. The molecule has 1 atom stereocenters. The molecule has 0 aromatic carbocycles. The van der Waals surface area contributed by atoms with Crippen molar-refractivity contribution in [1.29, 1.82) is 0 Å². The Hall–Kier alpha value is -1.37. The van der Waals surface area contributed by atoms with Crippen LogP contribution in [0.5, 0.6) is 0 Å². The molecule has 1 aliphatic heterocycles. The maximum atomic E-state index is 12.5. The van der Waals surface area contributed by atoms with Gasteiger partial charge in [-0.25, -0.2) is 0 Å². The lowest BCUT2D eigenvalue weighted by atomic mass is 9.99. The number of nitrogens with zero attached hydrogens (tertiary/aromatic N) is 3. The Kier molecular flexibility index (Phi) is 4.80. The summed E-state index contributed by atoms with van der Waals surface area (Å²) in [5.41, 5.74) is -0.948. The van der Waals surface area contributed by atoms with Crippen molar-refractivity contribution in [1.82, 2.24) is 15.5 Å². The van der Waals surface area contributed by atoms with Gasteiger partial charge in [-0.1, -0.05) is 0 Å². The summed E-state index contributed by atoms with van der Waals surface area (Å²) in [6, 6.07) is 2.39. The average Bonchev–Trinajstić information content (AvgIpc) is 2.45. The van der Waals surface area contributed by atoms with Gasteiger partial charge in [-0.15, -0.1) is 10.2 Å². The van der Waals surface area contributed by atoms with Crippen molar-refractivity contribution < 1.29 is 13.2 Å². The van der Waals surface area contributed by atoms with Gasteiger partial charge in [-0.05, 0) is 50.9 Å². The van der Waals surface area contributed by atoms with Gasteiger partial charge in [-0.3, -0.25) is 0 Å². The third-order valence-corrected chi connectivity index (χ3v) is 3.52. The Morgan fingerprint density at radius 1 is 1.35 bits per heavy atom. The highest BCUT2D eigenvalue weighted by Crippen LogP contribution is 2.27. The van der Waals surface area contributed by atoms with Crippen LogP contribution < -0.4 is 10.2 Å². The predicted octanol–water partition coefficient (Wildman–Crippen LogP) is 2.32.